The summed E-state index contributed by atoms with van der Waals surface area (Å²) in [5.74, 6) is -4.61. The highest BCUT2D eigenvalue weighted by Gasteiger charge is 2.45. The molecule has 1 heterocycles. The molecule has 0 bridgehead atoms. The molecule has 1 aromatic carbocycles. The standard InChI is InChI=1S/C12H7F5N2O3/c13-5-2-1-4(3-6(5)14)8-7(10(20)21)9(12(15,16)17)19-11(22)18-8/h1-3,8H,(H,20,21)(H2,18,19,22)/t8-/m1/s1. The maximum Gasteiger partial charge on any atom is 0.432 e. The molecule has 0 unspecified atom stereocenters. The van der Waals surface area contributed by atoms with E-state index in [1.165, 1.54) is 5.32 Å². The second kappa shape index (κ2) is 5.28. The number of hydrogen-bond acceptors (Lipinski definition) is 2. The molecule has 1 atom stereocenters. The topological polar surface area (TPSA) is 78.4 Å². The van der Waals surface area contributed by atoms with Crippen molar-refractivity contribution in [2.75, 3.05) is 0 Å². The largest absolute Gasteiger partial charge is 0.478 e. The number of allylic oxidation sites excluding steroid dienone is 1. The van der Waals surface area contributed by atoms with E-state index in [1.807, 2.05) is 5.32 Å². The predicted octanol–water partition coefficient (Wildman–Crippen LogP) is 2.22. The summed E-state index contributed by atoms with van der Waals surface area (Å²) in [7, 11) is 0. The summed E-state index contributed by atoms with van der Waals surface area (Å²) >= 11 is 0. The first-order valence-corrected chi connectivity index (χ1v) is 5.68. The fourth-order valence-corrected chi connectivity index (χ4v) is 1.96. The highest BCUT2D eigenvalue weighted by Crippen LogP contribution is 2.35. The van der Waals surface area contributed by atoms with E-state index < -0.39 is 47.1 Å². The Kier molecular flexibility index (Phi) is 3.77. The third-order valence-corrected chi connectivity index (χ3v) is 2.86. The molecule has 0 aromatic heterocycles. The number of aliphatic carboxylic acids is 1. The Labute approximate surface area is 119 Å². The van der Waals surface area contributed by atoms with E-state index in [4.69, 9.17) is 5.11 Å². The van der Waals surface area contributed by atoms with Gasteiger partial charge in [-0.15, -0.1) is 0 Å². The van der Waals surface area contributed by atoms with Crippen LogP contribution in [0.1, 0.15) is 11.6 Å². The molecule has 3 N–H and O–H groups in total. The normalized spacial score (nSPS) is 18.8. The first-order valence-electron chi connectivity index (χ1n) is 5.68. The van der Waals surface area contributed by atoms with Crippen molar-refractivity contribution in [1.82, 2.24) is 10.6 Å². The molecule has 0 radical (unpaired) electrons. The molecule has 1 aliphatic rings. The molecule has 0 saturated heterocycles. The van der Waals surface area contributed by atoms with Crippen molar-refractivity contribution >= 4 is 12.0 Å². The number of carboxylic acids is 1. The summed E-state index contributed by atoms with van der Waals surface area (Å²) in [6.07, 6.45) is -5.14. The van der Waals surface area contributed by atoms with Gasteiger partial charge < -0.3 is 15.7 Å². The molecule has 1 aliphatic heterocycles. The first kappa shape index (κ1) is 15.7. The third-order valence-electron chi connectivity index (χ3n) is 2.86. The third kappa shape index (κ3) is 2.85. The van der Waals surface area contributed by atoms with E-state index in [0.717, 1.165) is 6.07 Å². The Bertz CT molecular complexity index is 684. The van der Waals surface area contributed by atoms with E-state index in [-0.39, 0.29) is 5.56 Å². The van der Waals surface area contributed by atoms with Crippen LogP contribution in [0.25, 0.3) is 0 Å². The molecule has 0 saturated carbocycles. The minimum atomic E-state index is -5.14. The summed E-state index contributed by atoms with van der Waals surface area (Å²) in [6.45, 7) is 0. The fourth-order valence-electron chi connectivity index (χ4n) is 1.96. The number of carbonyl (C=O) groups is 2. The summed E-state index contributed by atoms with van der Waals surface area (Å²) in [4.78, 5) is 22.4. The number of carboxylic acid groups (broad SMARTS) is 1. The molecule has 10 heteroatoms. The Morgan fingerprint density at radius 1 is 1.18 bits per heavy atom. The highest BCUT2D eigenvalue weighted by molar-refractivity contribution is 5.94. The van der Waals surface area contributed by atoms with Crippen LogP contribution in [-0.4, -0.2) is 23.3 Å². The van der Waals surface area contributed by atoms with Crippen LogP contribution in [0.3, 0.4) is 0 Å². The van der Waals surface area contributed by atoms with Crippen molar-refractivity contribution < 1.29 is 36.6 Å². The lowest BCUT2D eigenvalue weighted by Gasteiger charge is -2.29. The Morgan fingerprint density at radius 2 is 1.82 bits per heavy atom. The minimum absolute atomic E-state index is 0.340. The summed E-state index contributed by atoms with van der Waals surface area (Å²) in [5.41, 5.74) is -3.33. The van der Waals surface area contributed by atoms with Crippen LogP contribution >= 0.6 is 0 Å². The highest BCUT2D eigenvalue weighted by atomic mass is 19.4. The van der Waals surface area contributed by atoms with Gasteiger partial charge in [-0.25, -0.2) is 18.4 Å². The van der Waals surface area contributed by atoms with Crippen molar-refractivity contribution in [1.29, 1.82) is 0 Å². The van der Waals surface area contributed by atoms with Crippen molar-refractivity contribution in [2.45, 2.75) is 12.2 Å². The van der Waals surface area contributed by atoms with E-state index in [1.54, 1.807) is 0 Å². The molecule has 0 aliphatic carbocycles. The van der Waals surface area contributed by atoms with Gasteiger partial charge in [-0.2, -0.15) is 13.2 Å². The van der Waals surface area contributed by atoms with Crippen LogP contribution in [0.2, 0.25) is 0 Å². The van der Waals surface area contributed by atoms with Crippen molar-refractivity contribution in [3.8, 4) is 0 Å². The first-order chi connectivity index (χ1) is 10.1. The number of rotatable bonds is 2. The zero-order chi connectivity index (χ0) is 16.7. The Balaban J connectivity index is 2.63. The van der Waals surface area contributed by atoms with E-state index in [0.29, 0.717) is 12.1 Å². The quantitative estimate of drug-likeness (QED) is 0.731. The maximum atomic E-state index is 13.2. The van der Waals surface area contributed by atoms with Gasteiger partial charge in [-0.1, -0.05) is 6.07 Å². The maximum absolute atomic E-state index is 13.2. The number of alkyl halides is 3. The van der Waals surface area contributed by atoms with Gasteiger partial charge in [0, 0.05) is 0 Å². The van der Waals surface area contributed by atoms with Crippen LogP contribution in [-0.2, 0) is 4.79 Å². The van der Waals surface area contributed by atoms with E-state index in [9.17, 15) is 31.5 Å². The molecule has 1 aromatic rings. The summed E-state index contributed by atoms with van der Waals surface area (Å²) in [6, 6.07) is -1.08. The second-order valence-electron chi connectivity index (χ2n) is 4.30. The van der Waals surface area contributed by atoms with Gasteiger partial charge in [0.15, 0.2) is 11.6 Å². The molecule has 2 rings (SSSR count). The lowest BCUT2D eigenvalue weighted by Crippen LogP contribution is -2.49. The number of hydrogen-bond donors (Lipinski definition) is 3. The van der Waals surface area contributed by atoms with Crippen molar-refractivity contribution in [3.05, 3.63) is 46.7 Å². The second-order valence-corrected chi connectivity index (χ2v) is 4.30. The van der Waals surface area contributed by atoms with Gasteiger partial charge in [0.2, 0.25) is 0 Å². The Hall–Kier alpha value is -2.65. The SMILES string of the molecule is O=C1NC(C(F)(F)F)=C(C(=O)O)[C@@H](c2ccc(F)c(F)c2)N1. The molecular formula is C12H7F5N2O3. The molecular weight excluding hydrogens is 315 g/mol. The van der Waals surface area contributed by atoms with Crippen LogP contribution in [0.4, 0.5) is 26.7 Å². The van der Waals surface area contributed by atoms with Gasteiger partial charge in [-0.3, -0.25) is 0 Å². The monoisotopic (exact) mass is 322 g/mol. The number of benzene rings is 1. The average molecular weight is 322 g/mol. The zero-order valence-electron chi connectivity index (χ0n) is 10.5. The number of halogens is 5. The van der Waals surface area contributed by atoms with E-state index >= 15 is 0 Å². The minimum Gasteiger partial charge on any atom is -0.478 e. The number of amides is 2. The molecule has 22 heavy (non-hydrogen) atoms. The van der Waals surface area contributed by atoms with Crippen LogP contribution in [0.5, 0.6) is 0 Å². The lowest BCUT2D eigenvalue weighted by molar-refractivity contribution is -0.135. The van der Waals surface area contributed by atoms with Crippen molar-refractivity contribution in [3.63, 3.8) is 0 Å². The van der Waals surface area contributed by atoms with Gasteiger partial charge in [0.25, 0.3) is 0 Å². The number of urea groups is 1. The van der Waals surface area contributed by atoms with Crippen LogP contribution in [0, 0.1) is 11.6 Å². The van der Waals surface area contributed by atoms with Crippen LogP contribution < -0.4 is 10.6 Å². The predicted molar refractivity (Wildman–Crippen MR) is 61.5 cm³/mol. The van der Waals surface area contributed by atoms with Crippen LogP contribution in [0.15, 0.2) is 29.5 Å². The molecule has 0 fully saturated rings. The van der Waals surface area contributed by atoms with Gasteiger partial charge >= 0.3 is 18.2 Å². The molecule has 118 valence electrons. The van der Waals surface area contributed by atoms with Crippen molar-refractivity contribution in [2.24, 2.45) is 0 Å². The Morgan fingerprint density at radius 3 is 2.32 bits per heavy atom. The van der Waals surface area contributed by atoms with Gasteiger partial charge in [0.1, 0.15) is 5.70 Å². The number of carbonyl (C=O) groups excluding carboxylic acids is 1. The molecule has 5 nitrogen and oxygen atoms in total. The van der Waals surface area contributed by atoms with Gasteiger partial charge in [-0.05, 0) is 17.7 Å². The smallest absolute Gasteiger partial charge is 0.432 e. The van der Waals surface area contributed by atoms with Gasteiger partial charge in [0.05, 0.1) is 11.6 Å². The lowest BCUT2D eigenvalue weighted by atomic mass is 9.95. The number of nitrogens with one attached hydrogen (secondary N) is 2. The zero-order valence-corrected chi connectivity index (χ0v) is 10.5. The fraction of sp³-hybridized carbons (Fsp3) is 0.167. The summed E-state index contributed by atoms with van der Waals surface area (Å²) < 4.78 is 64.7. The molecule has 0 spiro atoms. The van der Waals surface area contributed by atoms with E-state index in [2.05, 4.69) is 0 Å². The molecule has 2 amide bonds. The summed E-state index contributed by atoms with van der Waals surface area (Å²) in [5, 5.41) is 12.3. The average Bonchev–Trinajstić information content (AvgIpc) is 2.39.